The molecule has 1 atom stereocenters. The summed E-state index contributed by atoms with van der Waals surface area (Å²) in [7, 11) is 1.66. The third kappa shape index (κ3) is 5.02. The van der Waals surface area contributed by atoms with E-state index in [-0.39, 0.29) is 11.9 Å². The molecule has 0 bridgehead atoms. The third-order valence-corrected chi connectivity index (χ3v) is 7.43. The summed E-state index contributed by atoms with van der Waals surface area (Å²) in [5.41, 5.74) is 1.79. The molecule has 11 heteroatoms. The molecular formula is C22H27BrClN7O2. The van der Waals surface area contributed by atoms with E-state index >= 15 is 0 Å². The number of halogens is 2. The molecule has 2 fully saturated rings. The number of hydrogen-bond donors (Lipinski definition) is 1. The van der Waals surface area contributed by atoms with E-state index in [1.54, 1.807) is 13.2 Å². The monoisotopic (exact) mass is 535 g/mol. The van der Waals surface area contributed by atoms with Crippen molar-refractivity contribution in [2.24, 2.45) is 16.8 Å². The van der Waals surface area contributed by atoms with Gasteiger partial charge >= 0.3 is 6.03 Å². The standard InChI is InChI=1S/C22H27BrClN7O2/c1-25-22(32)30-8-6-29(7-9-30)13-15-10-16(24)11-26-21(15)33-18-5-4-17-20(19(18)23)27-28-31(17)12-14-2-3-14/h4-5,11,14-15H,2-3,6-10,12-13H2,1H3,(H,25,32). The lowest BCUT2D eigenvalue weighted by Crippen LogP contribution is -2.52. The first-order valence-electron chi connectivity index (χ1n) is 11.3. The maximum absolute atomic E-state index is 11.9. The summed E-state index contributed by atoms with van der Waals surface area (Å²) < 4.78 is 9.05. The Morgan fingerprint density at radius 1 is 1.24 bits per heavy atom. The van der Waals surface area contributed by atoms with Crippen molar-refractivity contribution in [2.75, 3.05) is 39.8 Å². The van der Waals surface area contributed by atoms with Crippen LogP contribution in [0, 0.1) is 11.8 Å². The fraction of sp³-hybridized carbons (Fsp3) is 0.545. The highest BCUT2D eigenvalue weighted by atomic mass is 79.9. The van der Waals surface area contributed by atoms with Crippen molar-refractivity contribution >= 4 is 50.5 Å². The molecule has 1 aromatic heterocycles. The highest BCUT2D eigenvalue weighted by Gasteiger charge is 2.29. The fourth-order valence-corrected chi connectivity index (χ4v) is 5.06. The number of fused-ring (bicyclic) bond motifs is 1. The van der Waals surface area contributed by atoms with Gasteiger partial charge in [0.15, 0.2) is 5.90 Å². The van der Waals surface area contributed by atoms with Gasteiger partial charge in [0.2, 0.25) is 0 Å². The Morgan fingerprint density at radius 2 is 2.03 bits per heavy atom. The number of benzene rings is 1. The van der Waals surface area contributed by atoms with Crippen LogP contribution in [0.15, 0.2) is 32.8 Å². The number of aliphatic imine (C=N–C) groups is 1. The Kier molecular flexibility index (Phi) is 6.58. The molecule has 1 aromatic carbocycles. The van der Waals surface area contributed by atoms with Crippen molar-refractivity contribution < 1.29 is 9.53 Å². The van der Waals surface area contributed by atoms with Gasteiger partial charge in [-0.1, -0.05) is 16.8 Å². The van der Waals surface area contributed by atoms with Crippen molar-refractivity contribution in [1.29, 1.82) is 0 Å². The van der Waals surface area contributed by atoms with E-state index in [0.29, 0.717) is 36.2 Å². The largest absolute Gasteiger partial charge is 0.441 e. The maximum atomic E-state index is 11.9. The molecule has 1 unspecified atom stereocenters. The minimum absolute atomic E-state index is 0.0295. The summed E-state index contributed by atoms with van der Waals surface area (Å²) in [6.45, 7) is 4.68. The van der Waals surface area contributed by atoms with Gasteiger partial charge in [-0.25, -0.2) is 14.5 Å². The Labute approximate surface area is 205 Å². The lowest BCUT2D eigenvalue weighted by molar-refractivity contribution is 0.133. The van der Waals surface area contributed by atoms with Gasteiger partial charge in [0.1, 0.15) is 11.3 Å². The predicted molar refractivity (Wildman–Crippen MR) is 131 cm³/mol. The lowest BCUT2D eigenvalue weighted by Gasteiger charge is -2.36. The van der Waals surface area contributed by atoms with Crippen LogP contribution in [0.4, 0.5) is 4.79 Å². The Morgan fingerprint density at radius 3 is 2.76 bits per heavy atom. The molecular weight excluding hydrogens is 510 g/mol. The summed E-state index contributed by atoms with van der Waals surface area (Å²) in [4.78, 5) is 20.5. The molecule has 9 nitrogen and oxygen atoms in total. The van der Waals surface area contributed by atoms with Crippen LogP contribution in [0.3, 0.4) is 0 Å². The van der Waals surface area contributed by atoms with Crippen LogP contribution >= 0.6 is 27.5 Å². The summed E-state index contributed by atoms with van der Waals surface area (Å²) in [5.74, 6) is 2.05. The van der Waals surface area contributed by atoms with E-state index in [4.69, 9.17) is 16.3 Å². The summed E-state index contributed by atoms with van der Waals surface area (Å²) in [6, 6.07) is 3.93. The second-order valence-electron chi connectivity index (χ2n) is 8.85. The van der Waals surface area contributed by atoms with Crippen LogP contribution in [-0.4, -0.2) is 76.5 Å². The predicted octanol–water partition coefficient (Wildman–Crippen LogP) is 3.44. The van der Waals surface area contributed by atoms with Crippen LogP contribution in [0.25, 0.3) is 11.0 Å². The number of amides is 2. The first-order valence-corrected chi connectivity index (χ1v) is 12.5. The van der Waals surface area contributed by atoms with E-state index in [1.807, 2.05) is 21.7 Å². The highest BCUT2D eigenvalue weighted by molar-refractivity contribution is 9.10. The molecule has 2 amide bonds. The normalized spacial score (nSPS) is 21.7. The maximum Gasteiger partial charge on any atom is 0.317 e. The SMILES string of the molecule is CNC(=O)N1CCN(CC2CC(Cl)=CN=C2Oc2ccc3c(nnn3CC3CC3)c2Br)CC1. The van der Waals surface area contributed by atoms with Gasteiger partial charge in [-0.2, -0.15) is 0 Å². The number of rotatable bonds is 5. The number of allylic oxidation sites excluding steroid dienone is 1. The molecule has 0 spiro atoms. The Bertz CT molecular complexity index is 1110. The second-order valence-corrected chi connectivity index (χ2v) is 10.1. The van der Waals surface area contributed by atoms with Gasteiger partial charge in [0, 0.05) is 57.5 Å². The van der Waals surface area contributed by atoms with E-state index in [9.17, 15) is 4.79 Å². The van der Waals surface area contributed by atoms with Crippen molar-refractivity contribution in [3.05, 3.63) is 27.8 Å². The average molecular weight is 537 g/mol. The van der Waals surface area contributed by atoms with Crippen LogP contribution < -0.4 is 10.1 Å². The van der Waals surface area contributed by atoms with Crippen LogP contribution in [-0.2, 0) is 6.54 Å². The molecule has 1 N–H and O–H groups in total. The number of nitrogens with zero attached hydrogens (tertiary/aromatic N) is 6. The second kappa shape index (κ2) is 9.60. The van der Waals surface area contributed by atoms with Crippen LogP contribution in [0.5, 0.6) is 5.75 Å². The first-order chi connectivity index (χ1) is 16.0. The van der Waals surface area contributed by atoms with E-state index in [2.05, 4.69) is 41.5 Å². The first kappa shape index (κ1) is 22.6. The molecule has 2 aromatic rings. The number of hydrogen-bond acceptors (Lipinski definition) is 6. The van der Waals surface area contributed by atoms with Gasteiger partial charge in [0.05, 0.1) is 15.9 Å². The van der Waals surface area contributed by atoms with Crippen LogP contribution in [0.2, 0.25) is 0 Å². The molecule has 1 aliphatic carbocycles. The quantitative estimate of drug-likeness (QED) is 0.633. The number of ether oxygens (including phenoxy) is 1. The van der Waals surface area contributed by atoms with E-state index in [0.717, 1.165) is 47.6 Å². The molecule has 2 aliphatic heterocycles. The number of aromatic nitrogens is 3. The molecule has 176 valence electrons. The summed E-state index contributed by atoms with van der Waals surface area (Å²) >= 11 is 10.00. The zero-order valence-electron chi connectivity index (χ0n) is 18.5. The van der Waals surface area contributed by atoms with Crippen molar-refractivity contribution in [3.63, 3.8) is 0 Å². The number of piperazine rings is 1. The zero-order chi connectivity index (χ0) is 22.9. The van der Waals surface area contributed by atoms with E-state index < -0.39 is 0 Å². The van der Waals surface area contributed by atoms with Crippen molar-refractivity contribution in [3.8, 4) is 5.75 Å². The molecule has 3 aliphatic rings. The summed E-state index contributed by atoms with van der Waals surface area (Å²) in [6.07, 6.45) is 4.87. The minimum Gasteiger partial charge on any atom is -0.441 e. The number of carbonyl (C=O) groups is 1. The number of nitrogens with one attached hydrogen (secondary N) is 1. The molecule has 5 rings (SSSR count). The molecule has 3 heterocycles. The Balaban J connectivity index is 1.29. The molecule has 0 radical (unpaired) electrons. The third-order valence-electron chi connectivity index (χ3n) is 6.41. The van der Waals surface area contributed by atoms with Crippen LogP contribution in [0.1, 0.15) is 19.3 Å². The number of urea groups is 1. The van der Waals surface area contributed by atoms with Gasteiger partial charge in [-0.15, -0.1) is 5.10 Å². The number of carbonyl (C=O) groups excluding carboxylic acids is 1. The van der Waals surface area contributed by atoms with Gasteiger partial charge in [-0.3, -0.25) is 4.90 Å². The average Bonchev–Trinajstić information content (AvgIpc) is 3.55. The van der Waals surface area contributed by atoms with Gasteiger partial charge < -0.3 is 15.0 Å². The summed E-state index contributed by atoms with van der Waals surface area (Å²) in [5, 5.41) is 12.1. The Hall–Kier alpha value is -2.17. The lowest BCUT2D eigenvalue weighted by atomic mass is 10.0. The van der Waals surface area contributed by atoms with Gasteiger partial charge in [-0.05, 0) is 53.2 Å². The molecule has 1 saturated carbocycles. The van der Waals surface area contributed by atoms with Crippen molar-refractivity contribution in [1.82, 2.24) is 30.1 Å². The topological polar surface area (TPSA) is 87.9 Å². The fourth-order valence-electron chi connectivity index (χ4n) is 4.33. The molecule has 33 heavy (non-hydrogen) atoms. The zero-order valence-corrected chi connectivity index (χ0v) is 20.8. The van der Waals surface area contributed by atoms with Crippen molar-refractivity contribution in [2.45, 2.75) is 25.8 Å². The van der Waals surface area contributed by atoms with E-state index in [1.165, 1.54) is 12.8 Å². The molecule has 1 saturated heterocycles. The smallest absolute Gasteiger partial charge is 0.317 e. The highest BCUT2D eigenvalue weighted by Crippen LogP contribution is 2.36. The minimum atomic E-state index is -0.0295. The van der Waals surface area contributed by atoms with Gasteiger partial charge in [0.25, 0.3) is 0 Å².